The van der Waals surface area contributed by atoms with Gasteiger partial charge in [-0.3, -0.25) is 9.20 Å². The minimum atomic E-state index is -0.0908. The first-order chi connectivity index (χ1) is 10.7. The van der Waals surface area contributed by atoms with E-state index in [0.29, 0.717) is 5.69 Å². The van der Waals surface area contributed by atoms with Gasteiger partial charge in [0.2, 0.25) is 0 Å². The topological polar surface area (TPSA) is 46.4 Å². The fraction of sp³-hybridized carbons (Fsp3) is 0.222. The Labute approximate surface area is 129 Å². The zero-order chi connectivity index (χ0) is 15.5. The molecule has 0 spiro atoms. The van der Waals surface area contributed by atoms with Crippen LogP contribution < -0.4 is 5.32 Å². The van der Waals surface area contributed by atoms with Gasteiger partial charge in [0.15, 0.2) is 0 Å². The molecule has 4 nitrogen and oxygen atoms in total. The lowest BCUT2D eigenvalue weighted by Gasteiger charge is -2.14. The molecular formula is C18H19N3O. The number of hydrogen-bond donors (Lipinski definition) is 1. The molecule has 0 radical (unpaired) electrons. The molecule has 2 heterocycles. The smallest absolute Gasteiger partial charge is 0.270 e. The summed E-state index contributed by atoms with van der Waals surface area (Å²) in [5.74, 6) is -0.0908. The third-order valence-electron chi connectivity index (χ3n) is 3.80. The van der Waals surface area contributed by atoms with Crippen LogP contribution in [0.4, 0.5) is 0 Å². The predicted octanol–water partition coefficient (Wildman–Crippen LogP) is 3.39. The van der Waals surface area contributed by atoms with E-state index in [1.54, 1.807) is 0 Å². The maximum atomic E-state index is 12.7. The number of rotatable bonds is 4. The van der Waals surface area contributed by atoms with E-state index in [9.17, 15) is 4.79 Å². The second-order valence-electron chi connectivity index (χ2n) is 5.30. The fourth-order valence-electron chi connectivity index (χ4n) is 2.62. The molecule has 2 aromatic heterocycles. The maximum Gasteiger partial charge on any atom is 0.270 e. The van der Waals surface area contributed by atoms with Crippen LogP contribution in [0.3, 0.4) is 0 Å². The first-order valence-corrected chi connectivity index (χ1v) is 7.52. The Balaban J connectivity index is 1.92. The summed E-state index contributed by atoms with van der Waals surface area (Å²) in [4.78, 5) is 17.2. The summed E-state index contributed by atoms with van der Waals surface area (Å²) in [5, 5.41) is 3.07. The molecule has 0 aliphatic heterocycles. The number of carbonyl (C=O) groups excluding carboxylic acids is 1. The molecule has 1 atom stereocenters. The number of hydrogen-bond acceptors (Lipinski definition) is 2. The van der Waals surface area contributed by atoms with Crippen LogP contribution in [0.15, 0.2) is 54.7 Å². The summed E-state index contributed by atoms with van der Waals surface area (Å²) in [6, 6.07) is 15.6. The highest BCUT2D eigenvalue weighted by atomic mass is 16.2. The summed E-state index contributed by atoms with van der Waals surface area (Å²) in [7, 11) is 0. The molecule has 0 aliphatic carbocycles. The second-order valence-corrected chi connectivity index (χ2v) is 5.30. The molecule has 3 rings (SSSR count). The van der Waals surface area contributed by atoms with Crippen molar-refractivity contribution in [3.8, 4) is 0 Å². The Morgan fingerprint density at radius 3 is 2.64 bits per heavy atom. The number of nitrogens with zero attached hydrogens (tertiary/aromatic N) is 2. The van der Waals surface area contributed by atoms with Gasteiger partial charge in [-0.05, 0) is 31.0 Å². The zero-order valence-corrected chi connectivity index (χ0v) is 12.8. The number of fused-ring (bicyclic) bond motifs is 1. The Kier molecular flexibility index (Phi) is 3.92. The summed E-state index contributed by atoms with van der Waals surface area (Å²) < 4.78 is 1.85. The third kappa shape index (κ3) is 2.60. The third-order valence-corrected chi connectivity index (χ3v) is 3.80. The molecule has 0 saturated carbocycles. The van der Waals surface area contributed by atoms with E-state index >= 15 is 0 Å². The average Bonchev–Trinajstić information content (AvgIpc) is 2.94. The predicted molar refractivity (Wildman–Crippen MR) is 86.9 cm³/mol. The maximum absolute atomic E-state index is 12.7. The Bertz CT molecular complexity index is 792. The lowest BCUT2D eigenvalue weighted by Crippen LogP contribution is -2.28. The number of nitrogens with one attached hydrogen (secondary N) is 1. The summed E-state index contributed by atoms with van der Waals surface area (Å²) in [6.07, 6.45) is 2.60. The van der Waals surface area contributed by atoms with E-state index in [1.165, 1.54) is 0 Å². The summed E-state index contributed by atoms with van der Waals surface area (Å²) in [6.45, 7) is 4.00. The van der Waals surface area contributed by atoms with Gasteiger partial charge in [0, 0.05) is 6.20 Å². The van der Waals surface area contributed by atoms with E-state index in [0.717, 1.165) is 23.3 Å². The lowest BCUT2D eigenvalue weighted by atomic mass is 10.1. The molecule has 1 N–H and O–H groups in total. The molecule has 1 aromatic carbocycles. The SMILES string of the molecule is CCc1nc2ccccn2c1C(=O)NC(C)c1ccccc1. The van der Waals surface area contributed by atoms with Crippen molar-refractivity contribution in [3.05, 3.63) is 71.7 Å². The number of imidazole rings is 1. The highest BCUT2D eigenvalue weighted by Gasteiger charge is 2.19. The number of carbonyl (C=O) groups is 1. The van der Waals surface area contributed by atoms with Crippen molar-refractivity contribution in [1.29, 1.82) is 0 Å². The normalized spacial score (nSPS) is 12.3. The molecule has 3 aromatic rings. The van der Waals surface area contributed by atoms with Crippen molar-refractivity contribution in [2.45, 2.75) is 26.3 Å². The van der Waals surface area contributed by atoms with Crippen LogP contribution >= 0.6 is 0 Å². The van der Waals surface area contributed by atoms with Crippen molar-refractivity contribution in [2.24, 2.45) is 0 Å². The average molecular weight is 293 g/mol. The number of aromatic nitrogens is 2. The van der Waals surface area contributed by atoms with Gasteiger partial charge in [-0.25, -0.2) is 4.98 Å². The minimum absolute atomic E-state index is 0.0485. The molecule has 0 aliphatic rings. The van der Waals surface area contributed by atoms with Gasteiger partial charge in [0.1, 0.15) is 11.3 Å². The van der Waals surface area contributed by atoms with Gasteiger partial charge in [-0.1, -0.05) is 43.3 Å². The van der Waals surface area contributed by atoms with Gasteiger partial charge < -0.3 is 5.32 Å². The molecule has 0 saturated heterocycles. The van der Waals surface area contributed by atoms with Crippen LogP contribution in [0.2, 0.25) is 0 Å². The monoisotopic (exact) mass is 293 g/mol. The van der Waals surface area contributed by atoms with E-state index in [2.05, 4.69) is 10.3 Å². The standard InChI is InChI=1S/C18H19N3O/c1-3-15-17(21-12-8-7-11-16(21)20-15)18(22)19-13(2)14-9-5-4-6-10-14/h4-13H,3H2,1-2H3,(H,19,22). The summed E-state index contributed by atoms with van der Waals surface area (Å²) in [5.41, 5.74) is 3.34. The number of benzene rings is 1. The lowest BCUT2D eigenvalue weighted by molar-refractivity contribution is 0.0933. The van der Waals surface area contributed by atoms with Crippen LogP contribution in [0, 0.1) is 0 Å². The van der Waals surface area contributed by atoms with Gasteiger partial charge in [-0.15, -0.1) is 0 Å². The zero-order valence-electron chi connectivity index (χ0n) is 12.8. The Morgan fingerprint density at radius 2 is 1.91 bits per heavy atom. The van der Waals surface area contributed by atoms with Crippen LogP contribution in [0.1, 0.15) is 41.6 Å². The Morgan fingerprint density at radius 1 is 1.18 bits per heavy atom. The molecule has 1 amide bonds. The quantitative estimate of drug-likeness (QED) is 0.801. The highest BCUT2D eigenvalue weighted by Crippen LogP contribution is 2.16. The molecule has 4 heteroatoms. The molecule has 0 bridgehead atoms. The largest absolute Gasteiger partial charge is 0.344 e. The van der Waals surface area contributed by atoms with E-state index < -0.39 is 0 Å². The van der Waals surface area contributed by atoms with Crippen molar-refractivity contribution in [1.82, 2.24) is 14.7 Å². The number of amides is 1. The summed E-state index contributed by atoms with van der Waals surface area (Å²) >= 11 is 0. The van der Waals surface area contributed by atoms with E-state index in [1.807, 2.05) is 73.0 Å². The number of aryl methyl sites for hydroxylation is 1. The molecule has 112 valence electrons. The van der Waals surface area contributed by atoms with Crippen molar-refractivity contribution in [3.63, 3.8) is 0 Å². The van der Waals surface area contributed by atoms with Crippen molar-refractivity contribution < 1.29 is 4.79 Å². The minimum Gasteiger partial charge on any atom is -0.344 e. The second kappa shape index (κ2) is 6.02. The van der Waals surface area contributed by atoms with Gasteiger partial charge in [0.25, 0.3) is 5.91 Å². The van der Waals surface area contributed by atoms with E-state index in [-0.39, 0.29) is 11.9 Å². The molecule has 0 fully saturated rings. The highest BCUT2D eigenvalue weighted by molar-refractivity contribution is 5.95. The van der Waals surface area contributed by atoms with Gasteiger partial charge >= 0.3 is 0 Å². The first kappa shape index (κ1) is 14.3. The van der Waals surface area contributed by atoms with Crippen molar-refractivity contribution in [2.75, 3.05) is 0 Å². The van der Waals surface area contributed by atoms with Crippen LogP contribution in [-0.2, 0) is 6.42 Å². The van der Waals surface area contributed by atoms with Crippen LogP contribution in [0.5, 0.6) is 0 Å². The van der Waals surface area contributed by atoms with E-state index in [4.69, 9.17) is 0 Å². The first-order valence-electron chi connectivity index (χ1n) is 7.52. The fourth-order valence-corrected chi connectivity index (χ4v) is 2.62. The van der Waals surface area contributed by atoms with Crippen LogP contribution in [-0.4, -0.2) is 15.3 Å². The van der Waals surface area contributed by atoms with Gasteiger partial charge in [-0.2, -0.15) is 0 Å². The van der Waals surface area contributed by atoms with Gasteiger partial charge in [0.05, 0.1) is 11.7 Å². The molecular weight excluding hydrogens is 274 g/mol. The molecule has 1 unspecified atom stereocenters. The van der Waals surface area contributed by atoms with Crippen molar-refractivity contribution >= 4 is 11.6 Å². The van der Waals surface area contributed by atoms with Crippen LogP contribution in [0.25, 0.3) is 5.65 Å². The molecule has 22 heavy (non-hydrogen) atoms. The number of pyridine rings is 1. The Hall–Kier alpha value is -2.62.